The highest BCUT2D eigenvalue weighted by molar-refractivity contribution is 7.80. The number of anilines is 1. The largest absolute Gasteiger partial charge is 0.457 e. The number of nitrogens with one attached hydrogen (secondary N) is 2. The van der Waals surface area contributed by atoms with Crippen molar-refractivity contribution in [2.24, 2.45) is 0 Å². The van der Waals surface area contributed by atoms with E-state index in [1.54, 1.807) is 12.1 Å². The van der Waals surface area contributed by atoms with Crippen molar-refractivity contribution in [2.45, 2.75) is 6.92 Å². The molecule has 5 aromatic rings. The predicted octanol–water partition coefficient (Wildman–Crippen LogP) is 7.33. The van der Waals surface area contributed by atoms with E-state index in [0.29, 0.717) is 22.2 Å². The minimum absolute atomic E-state index is 0.180. The summed E-state index contributed by atoms with van der Waals surface area (Å²) in [5.74, 6) is 0.829. The van der Waals surface area contributed by atoms with Crippen LogP contribution in [0.25, 0.3) is 39.3 Å². The van der Waals surface area contributed by atoms with Gasteiger partial charge in [-0.2, -0.15) is 0 Å². The lowest BCUT2D eigenvalue weighted by atomic mass is 10.1. The van der Waals surface area contributed by atoms with Crippen molar-refractivity contribution in [2.75, 3.05) is 5.32 Å². The second-order valence-corrected chi connectivity index (χ2v) is 8.57. The van der Waals surface area contributed by atoms with Crippen molar-refractivity contribution < 1.29 is 13.6 Å². The van der Waals surface area contributed by atoms with Gasteiger partial charge >= 0.3 is 0 Å². The number of hydrogen-bond donors (Lipinski definition) is 2. The van der Waals surface area contributed by atoms with Crippen molar-refractivity contribution in [3.05, 3.63) is 95.2 Å². The zero-order valence-electron chi connectivity index (χ0n) is 18.1. The molecule has 5 rings (SSSR count). The van der Waals surface area contributed by atoms with Crippen LogP contribution in [0.1, 0.15) is 11.3 Å². The van der Waals surface area contributed by atoms with Crippen molar-refractivity contribution in [3.8, 4) is 11.3 Å². The summed E-state index contributed by atoms with van der Waals surface area (Å²) in [7, 11) is 0. The van der Waals surface area contributed by atoms with Crippen molar-refractivity contribution >= 4 is 68.5 Å². The number of carbonyl (C=O) groups excluding carboxylic acids is 1. The van der Waals surface area contributed by atoms with E-state index in [9.17, 15) is 4.79 Å². The number of aryl methyl sites for hydroxylation is 1. The molecule has 0 aliphatic carbocycles. The first kappa shape index (κ1) is 21.9. The van der Waals surface area contributed by atoms with Crippen LogP contribution in [0.3, 0.4) is 0 Å². The number of amides is 1. The lowest BCUT2D eigenvalue weighted by molar-refractivity contribution is -0.115. The highest BCUT2D eigenvalue weighted by atomic mass is 35.5. The summed E-state index contributed by atoms with van der Waals surface area (Å²) in [6.07, 6.45) is 2.94. The topological polar surface area (TPSA) is 67.4 Å². The SMILES string of the molecule is Cc1ccc(-c2ccc(/C=C/C(=O)NC(=S)Nc3ccc4c(c3)oc3ccccc34)o2)cc1Cl. The van der Waals surface area contributed by atoms with Crippen molar-refractivity contribution in [1.82, 2.24) is 5.32 Å². The van der Waals surface area contributed by atoms with Crippen LogP contribution >= 0.6 is 23.8 Å². The van der Waals surface area contributed by atoms with Crippen molar-refractivity contribution in [3.63, 3.8) is 0 Å². The Hall–Kier alpha value is -3.87. The number of halogens is 1. The lowest BCUT2D eigenvalue weighted by Crippen LogP contribution is -2.32. The Morgan fingerprint density at radius 3 is 2.62 bits per heavy atom. The van der Waals surface area contributed by atoms with Crippen LogP contribution in [0.2, 0.25) is 5.02 Å². The van der Waals surface area contributed by atoms with Crippen LogP contribution in [0.5, 0.6) is 0 Å². The molecule has 168 valence electrons. The molecule has 2 aromatic heterocycles. The van der Waals surface area contributed by atoms with E-state index >= 15 is 0 Å². The molecule has 0 fully saturated rings. The summed E-state index contributed by atoms with van der Waals surface area (Å²) in [6, 6.07) is 22.9. The summed E-state index contributed by atoms with van der Waals surface area (Å²) in [5.41, 5.74) is 4.14. The Labute approximate surface area is 206 Å². The summed E-state index contributed by atoms with van der Waals surface area (Å²) in [4.78, 5) is 12.3. The third-order valence-corrected chi connectivity index (χ3v) is 5.97. The van der Waals surface area contributed by atoms with Gasteiger partial charge in [-0.1, -0.05) is 41.9 Å². The normalized spacial score (nSPS) is 11.4. The molecule has 3 aromatic carbocycles. The molecule has 2 N–H and O–H groups in total. The molecule has 0 unspecified atom stereocenters. The van der Waals surface area contributed by atoms with Gasteiger partial charge in [-0.3, -0.25) is 10.1 Å². The van der Waals surface area contributed by atoms with Crippen LogP contribution in [0.15, 0.2) is 87.7 Å². The molecule has 0 saturated carbocycles. The van der Waals surface area contributed by atoms with Gasteiger partial charge in [0.05, 0.1) is 0 Å². The highest BCUT2D eigenvalue weighted by Crippen LogP contribution is 2.30. The molecular formula is C27H19ClN2O3S. The fraction of sp³-hybridized carbons (Fsp3) is 0.0370. The molecule has 7 heteroatoms. The molecule has 1 amide bonds. The maximum atomic E-state index is 12.3. The molecule has 0 aliphatic heterocycles. The monoisotopic (exact) mass is 486 g/mol. The zero-order chi connectivity index (χ0) is 23.7. The van der Waals surface area contributed by atoms with Gasteiger partial charge in [0.25, 0.3) is 0 Å². The highest BCUT2D eigenvalue weighted by Gasteiger charge is 2.09. The molecule has 0 saturated heterocycles. The van der Waals surface area contributed by atoms with Gasteiger partial charge in [0, 0.05) is 39.2 Å². The summed E-state index contributed by atoms with van der Waals surface area (Å²) in [5, 5.41) is 8.57. The smallest absolute Gasteiger partial charge is 0.250 e. The third kappa shape index (κ3) is 4.59. The van der Waals surface area contributed by atoms with E-state index in [-0.39, 0.29) is 11.0 Å². The van der Waals surface area contributed by atoms with Gasteiger partial charge in [0.1, 0.15) is 22.7 Å². The number of benzene rings is 3. The van der Waals surface area contributed by atoms with E-state index in [4.69, 9.17) is 32.7 Å². The van der Waals surface area contributed by atoms with Gasteiger partial charge in [0.2, 0.25) is 5.91 Å². The van der Waals surface area contributed by atoms with Crippen molar-refractivity contribution in [1.29, 1.82) is 0 Å². The number of fused-ring (bicyclic) bond motifs is 3. The molecule has 0 bridgehead atoms. The number of hydrogen-bond acceptors (Lipinski definition) is 4. The van der Waals surface area contributed by atoms with Gasteiger partial charge < -0.3 is 14.2 Å². The molecular weight excluding hydrogens is 468 g/mol. The average molecular weight is 487 g/mol. The first-order valence-electron chi connectivity index (χ1n) is 10.5. The second kappa shape index (κ2) is 9.17. The number of thiocarbonyl (C=S) groups is 1. The number of para-hydroxylation sites is 1. The van der Waals surface area contributed by atoms with Gasteiger partial charge in [-0.05, 0) is 67.2 Å². The van der Waals surface area contributed by atoms with E-state index in [2.05, 4.69) is 10.6 Å². The molecule has 0 spiro atoms. The van der Waals surface area contributed by atoms with Crippen LogP contribution in [0, 0.1) is 6.92 Å². The van der Waals surface area contributed by atoms with E-state index in [1.807, 2.05) is 73.7 Å². The van der Waals surface area contributed by atoms with E-state index in [0.717, 1.165) is 33.1 Å². The Kier molecular flexibility index (Phi) is 5.92. The molecule has 0 radical (unpaired) electrons. The van der Waals surface area contributed by atoms with Gasteiger partial charge in [0.15, 0.2) is 5.11 Å². The Morgan fingerprint density at radius 1 is 0.941 bits per heavy atom. The third-order valence-electron chi connectivity index (χ3n) is 5.36. The second-order valence-electron chi connectivity index (χ2n) is 7.75. The molecule has 34 heavy (non-hydrogen) atoms. The molecule has 0 atom stereocenters. The summed E-state index contributed by atoms with van der Waals surface area (Å²) < 4.78 is 11.7. The minimum atomic E-state index is -0.376. The van der Waals surface area contributed by atoms with Crippen LogP contribution in [0.4, 0.5) is 5.69 Å². The van der Waals surface area contributed by atoms with Gasteiger partial charge in [-0.25, -0.2) is 0 Å². The predicted molar refractivity (Wildman–Crippen MR) is 141 cm³/mol. The Morgan fingerprint density at radius 2 is 1.76 bits per heavy atom. The number of rotatable bonds is 4. The van der Waals surface area contributed by atoms with E-state index in [1.165, 1.54) is 6.08 Å². The standard InChI is InChI=1S/C27H19ClN2O3S/c1-16-6-7-17(14-22(16)28)23-12-9-19(32-23)10-13-26(31)30-27(34)29-18-8-11-21-20-4-2-3-5-24(20)33-25(21)15-18/h2-15H,1H3,(H2,29,30,31,34)/b13-10+. The number of carbonyl (C=O) groups is 1. The Balaban J connectivity index is 1.21. The molecule has 2 heterocycles. The first-order chi connectivity index (χ1) is 16.5. The van der Waals surface area contributed by atoms with E-state index < -0.39 is 0 Å². The minimum Gasteiger partial charge on any atom is -0.457 e. The maximum Gasteiger partial charge on any atom is 0.250 e. The zero-order valence-corrected chi connectivity index (χ0v) is 19.7. The first-order valence-corrected chi connectivity index (χ1v) is 11.3. The number of furan rings is 2. The average Bonchev–Trinajstić information content (AvgIpc) is 3.43. The van der Waals surface area contributed by atoms with Crippen LogP contribution in [-0.2, 0) is 4.79 Å². The fourth-order valence-electron chi connectivity index (χ4n) is 3.62. The maximum absolute atomic E-state index is 12.3. The molecule has 0 aliphatic rings. The summed E-state index contributed by atoms with van der Waals surface area (Å²) in [6.45, 7) is 1.94. The fourth-order valence-corrected chi connectivity index (χ4v) is 4.02. The Bertz CT molecular complexity index is 1580. The van der Waals surface area contributed by atoms with Crippen LogP contribution in [-0.4, -0.2) is 11.0 Å². The lowest BCUT2D eigenvalue weighted by Gasteiger charge is -2.07. The quantitative estimate of drug-likeness (QED) is 0.205. The molecule has 5 nitrogen and oxygen atoms in total. The van der Waals surface area contributed by atoms with Gasteiger partial charge in [-0.15, -0.1) is 0 Å². The van der Waals surface area contributed by atoms with Crippen LogP contribution < -0.4 is 10.6 Å². The summed E-state index contributed by atoms with van der Waals surface area (Å²) >= 11 is 11.5.